The van der Waals surface area contributed by atoms with Crippen molar-refractivity contribution in [2.45, 2.75) is 31.0 Å². The maximum absolute atomic E-state index is 13.7. The fourth-order valence-corrected chi connectivity index (χ4v) is 4.14. The van der Waals surface area contributed by atoms with Crippen LogP contribution in [-0.2, 0) is 4.74 Å². The zero-order valence-electron chi connectivity index (χ0n) is 11.0. The molecule has 110 valence electrons. The molecule has 3 rings (SSSR count). The van der Waals surface area contributed by atoms with E-state index in [0.29, 0.717) is 13.0 Å². The normalized spacial score (nSPS) is 29.8. The van der Waals surface area contributed by atoms with Gasteiger partial charge in [0, 0.05) is 30.7 Å². The maximum Gasteiger partial charge on any atom is 0.167 e. The lowest BCUT2D eigenvalue weighted by atomic mass is 9.91. The minimum atomic E-state index is -0.653. The van der Waals surface area contributed by atoms with E-state index in [1.807, 2.05) is 11.8 Å². The molecule has 0 saturated carbocycles. The van der Waals surface area contributed by atoms with Crippen molar-refractivity contribution in [1.82, 2.24) is 0 Å². The van der Waals surface area contributed by atoms with Gasteiger partial charge >= 0.3 is 0 Å². The van der Waals surface area contributed by atoms with Gasteiger partial charge in [-0.1, -0.05) is 0 Å². The average molecular weight is 301 g/mol. The van der Waals surface area contributed by atoms with Crippen LogP contribution < -0.4 is 10.5 Å². The first-order valence-corrected chi connectivity index (χ1v) is 7.86. The third-order valence-corrected chi connectivity index (χ3v) is 5.08. The number of benzene rings is 1. The maximum atomic E-state index is 13.7. The highest BCUT2D eigenvalue weighted by Crippen LogP contribution is 2.39. The molecule has 2 N–H and O–H groups in total. The minimum absolute atomic E-state index is 0.0654. The van der Waals surface area contributed by atoms with Gasteiger partial charge in [0.2, 0.25) is 0 Å². The third-order valence-electron chi connectivity index (χ3n) is 3.86. The highest BCUT2D eigenvalue weighted by Gasteiger charge is 2.41. The fraction of sp³-hybridized carbons (Fsp3) is 0.571. The van der Waals surface area contributed by atoms with Gasteiger partial charge in [0.1, 0.15) is 11.9 Å². The molecule has 3 nitrogen and oxygen atoms in total. The van der Waals surface area contributed by atoms with Crippen LogP contribution in [0.4, 0.5) is 14.5 Å². The molecule has 0 aliphatic carbocycles. The summed E-state index contributed by atoms with van der Waals surface area (Å²) < 4.78 is 38.7. The Kier molecular flexibility index (Phi) is 3.77. The average Bonchev–Trinajstić information content (AvgIpc) is 2.84. The van der Waals surface area contributed by atoms with E-state index in [9.17, 15) is 8.78 Å². The molecule has 1 aromatic rings. The van der Waals surface area contributed by atoms with Crippen molar-refractivity contribution < 1.29 is 18.3 Å². The number of ether oxygens (including phenoxy) is 2. The summed E-state index contributed by atoms with van der Waals surface area (Å²) in [5.74, 6) is 0.692. The number of nitrogens with two attached hydrogens (primary N) is 1. The lowest BCUT2D eigenvalue weighted by Gasteiger charge is -2.37. The topological polar surface area (TPSA) is 44.5 Å². The summed E-state index contributed by atoms with van der Waals surface area (Å²) in [6, 6.07) is 1.99. The zero-order chi connectivity index (χ0) is 14.2. The third kappa shape index (κ3) is 2.72. The summed E-state index contributed by atoms with van der Waals surface area (Å²) in [4.78, 5) is 0. The molecule has 1 spiro atoms. The van der Waals surface area contributed by atoms with Gasteiger partial charge in [-0.25, -0.2) is 8.78 Å². The van der Waals surface area contributed by atoms with E-state index in [1.165, 1.54) is 0 Å². The second kappa shape index (κ2) is 5.41. The standard InChI is InChI=1S/C14H17F2NO2S/c15-10-6-13(11(16)5-12(10)17)19-9-1-3-18-14(7-9)2-4-20-8-14/h5-6,9H,1-4,7-8,17H2. The molecule has 2 fully saturated rings. The van der Waals surface area contributed by atoms with E-state index >= 15 is 0 Å². The summed E-state index contributed by atoms with van der Waals surface area (Å²) >= 11 is 1.86. The van der Waals surface area contributed by atoms with Gasteiger partial charge in [0.15, 0.2) is 11.6 Å². The van der Waals surface area contributed by atoms with E-state index in [0.717, 1.165) is 36.5 Å². The van der Waals surface area contributed by atoms with Crippen molar-refractivity contribution in [3.63, 3.8) is 0 Å². The molecule has 1 aromatic carbocycles. The van der Waals surface area contributed by atoms with Gasteiger partial charge < -0.3 is 15.2 Å². The van der Waals surface area contributed by atoms with Crippen LogP contribution in [0.5, 0.6) is 5.75 Å². The Hall–Kier alpha value is -1.01. The first-order valence-electron chi connectivity index (χ1n) is 6.71. The molecule has 0 amide bonds. The van der Waals surface area contributed by atoms with Gasteiger partial charge in [-0.3, -0.25) is 0 Å². The van der Waals surface area contributed by atoms with Crippen LogP contribution in [0.3, 0.4) is 0 Å². The summed E-state index contributed by atoms with van der Waals surface area (Å²) in [6.07, 6.45) is 2.28. The molecule has 20 heavy (non-hydrogen) atoms. The van der Waals surface area contributed by atoms with Gasteiger partial charge in [-0.2, -0.15) is 11.8 Å². The van der Waals surface area contributed by atoms with Gasteiger partial charge in [0.05, 0.1) is 17.9 Å². The molecule has 2 heterocycles. The number of rotatable bonds is 2. The highest BCUT2D eigenvalue weighted by molar-refractivity contribution is 7.99. The first kappa shape index (κ1) is 13.9. The van der Waals surface area contributed by atoms with Crippen molar-refractivity contribution in [3.8, 4) is 5.75 Å². The van der Waals surface area contributed by atoms with Gasteiger partial charge in [0.25, 0.3) is 0 Å². The van der Waals surface area contributed by atoms with Crippen molar-refractivity contribution >= 4 is 17.4 Å². The second-order valence-electron chi connectivity index (χ2n) is 5.37. The first-order chi connectivity index (χ1) is 9.58. The summed E-state index contributed by atoms with van der Waals surface area (Å²) in [6.45, 7) is 0.601. The number of thioether (sulfide) groups is 1. The summed E-state index contributed by atoms with van der Waals surface area (Å²) in [7, 11) is 0. The molecule has 2 aliphatic rings. The van der Waals surface area contributed by atoms with Crippen molar-refractivity contribution in [1.29, 1.82) is 0 Å². The molecule has 0 aromatic heterocycles. The van der Waals surface area contributed by atoms with Crippen molar-refractivity contribution in [3.05, 3.63) is 23.8 Å². The minimum Gasteiger partial charge on any atom is -0.487 e. The molecular weight excluding hydrogens is 284 g/mol. The number of anilines is 1. The van der Waals surface area contributed by atoms with Crippen LogP contribution in [-0.4, -0.2) is 29.8 Å². The van der Waals surface area contributed by atoms with Crippen LogP contribution >= 0.6 is 11.8 Å². The van der Waals surface area contributed by atoms with E-state index < -0.39 is 11.6 Å². The molecule has 0 radical (unpaired) electrons. The fourth-order valence-electron chi connectivity index (χ4n) is 2.76. The Labute approximate surface area is 120 Å². The molecule has 6 heteroatoms. The lowest BCUT2D eigenvalue weighted by molar-refractivity contribution is -0.0964. The van der Waals surface area contributed by atoms with Crippen molar-refractivity contribution in [2.24, 2.45) is 0 Å². The van der Waals surface area contributed by atoms with Crippen LogP contribution in [0.1, 0.15) is 19.3 Å². The largest absolute Gasteiger partial charge is 0.487 e. The van der Waals surface area contributed by atoms with Crippen molar-refractivity contribution in [2.75, 3.05) is 23.8 Å². The number of halogens is 2. The number of nitrogen functional groups attached to an aromatic ring is 1. The molecule has 2 aliphatic heterocycles. The van der Waals surface area contributed by atoms with Gasteiger partial charge in [-0.15, -0.1) is 0 Å². The smallest absolute Gasteiger partial charge is 0.167 e. The van der Waals surface area contributed by atoms with Crippen LogP contribution in [0, 0.1) is 11.6 Å². The summed E-state index contributed by atoms with van der Waals surface area (Å²) in [5.41, 5.74) is 4.98. The Bertz CT molecular complexity index is 506. The highest BCUT2D eigenvalue weighted by atomic mass is 32.2. The van der Waals surface area contributed by atoms with Gasteiger partial charge in [-0.05, 0) is 12.2 Å². The molecule has 2 atom stereocenters. The van der Waals surface area contributed by atoms with E-state index in [2.05, 4.69) is 0 Å². The Morgan fingerprint density at radius 3 is 2.95 bits per heavy atom. The second-order valence-corrected chi connectivity index (χ2v) is 6.48. The Balaban J connectivity index is 1.73. The monoisotopic (exact) mass is 301 g/mol. The molecule has 0 bridgehead atoms. The molecule has 2 unspecified atom stereocenters. The Morgan fingerprint density at radius 1 is 1.35 bits per heavy atom. The zero-order valence-corrected chi connectivity index (χ0v) is 11.8. The van der Waals surface area contributed by atoms with Crippen LogP contribution in [0.25, 0.3) is 0 Å². The number of hydrogen-bond acceptors (Lipinski definition) is 4. The van der Waals surface area contributed by atoms with E-state index in [4.69, 9.17) is 15.2 Å². The van der Waals surface area contributed by atoms with Crippen LogP contribution in [0.15, 0.2) is 12.1 Å². The predicted molar refractivity (Wildman–Crippen MR) is 75.0 cm³/mol. The quantitative estimate of drug-likeness (QED) is 0.853. The molecule has 2 saturated heterocycles. The summed E-state index contributed by atoms with van der Waals surface area (Å²) in [5, 5.41) is 0. The van der Waals surface area contributed by atoms with E-state index in [-0.39, 0.29) is 23.1 Å². The van der Waals surface area contributed by atoms with Crippen LogP contribution in [0.2, 0.25) is 0 Å². The SMILES string of the molecule is Nc1cc(F)c(OC2CCOC3(CCSC3)C2)cc1F. The lowest BCUT2D eigenvalue weighted by Crippen LogP contribution is -2.43. The van der Waals surface area contributed by atoms with E-state index in [1.54, 1.807) is 0 Å². The number of hydrogen-bond donors (Lipinski definition) is 1. The predicted octanol–water partition coefficient (Wildman–Crippen LogP) is 2.98. The Morgan fingerprint density at radius 2 is 2.20 bits per heavy atom. The molecular formula is C14H17F2NO2S.